The zero-order valence-electron chi connectivity index (χ0n) is 11.1. The van der Waals surface area contributed by atoms with Crippen molar-refractivity contribution >= 4 is 5.91 Å². The van der Waals surface area contributed by atoms with Gasteiger partial charge in [-0.25, -0.2) is 0 Å². The molecule has 1 rings (SSSR count). The predicted octanol–water partition coefficient (Wildman–Crippen LogP) is 1.12. The van der Waals surface area contributed by atoms with Crippen molar-refractivity contribution in [2.24, 2.45) is 11.1 Å². The number of carbonyl (C=O) groups is 1. The molecule has 0 unspecified atom stereocenters. The van der Waals surface area contributed by atoms with Crippen LogP contribution in [0.2, 0.25) is 0 Å². The Morgan fingerprint density at radius 3 is 2.76 bits per heavy atom. The Morgan fingerprint density at radius 2 is 2.18 bits per heavy atom. The van der Waals surface area contributed by atoms with Crippen LogP contribution < -0.4 is 5.73 Å². The van der Waals surface area contributed by atoms with Crippen LogP contribution in [0.4, 0.5) is 0 Å². The first kappa shape index (κ1) is 14.5. The van der Waals surface area contributed by atoms with Crippen LogP contribution in [0.25, 0.3) is 0 Å². The van der Waals surface area contributed by atoms with Gasteiger partial charge in [-0.05, 0) is 37.6 Å². The maximum absolute atomic E-state index is 12.0. The molecule has 4 nitrogen and oxygen atoms in total. The van der Waals surface area contributed by atoms with Gasteiger partial charge in [0.1, 0.15) is 0 Å². The molecule has 0 bridgehead atoms. The van der Waals surface area contributed by atoms with Crippen molar-refractivity contribution in [1.82, 2.24) is 4.90 Å². The topological polar surface area (TPSA) is 66.6 Å². The molecular formula is C13H26N2O2. The Kier molecular flexibility index (Phi) is 5.40. The third-order valence-electron chi connectivity index (χ3n) is 3.74. The monoisotopic (exact) mass is 242 g/mol. The van der Waals surface area contributed by atoms with E-state index in [1.165, 1.54) is 0 Å². The van der Waals surface area contributed by atoms with E-state index in [1.807, 2.05) is 4.90 Å². The molecule has 3 N–H and O–H groups in total. The number of amides is 1. The van der Waals surface area contributed by atoms with Gasteiger partial charge in [-0.2, -0.15) is 0 Å². The molecule has 0 aromatic carbocycles. The number of hydrogen-bond donors (Lipinski definition) is 2. The number of likely N-dealkylation sites (tertiary alicyclic amines) is 1. The van der Waals surface area contributed by atoms with E-state index in [9.17, 15) is 9.90 Å². The third kappa shape index (κ3) is 4.28. The largest absolute Gasteiger partial charge is 0.394 e. The molecule has 0 spiro atoms. The fourth-order valence-corrected chi connectivity index (χ4v) is 2.46. The minimum Gasteiger partial charge on any atom is -0.394 e. The van der Waals surface area contributed by atoms with E-state index < -0.39 is 0 Å². The highest BCUT2D eigenvalue weighted by Crippen LogP contribution is 2.27. The van der Waals surface area contributed by atoms with Crippen LogP contribution in [-0.2, 0) is 4.79 Å². The van der Waals surface area contributed by atoms with Crippen molar-refractivity contribution in [2.75, 3.05) is 19.7 Å². The summed E-state index contributed by atoms with van der Waals surface area (Å²) in [6, 6.07) is 0.0557. The van der Waals surface area contributed by atoms with Gasteiger partial charge in [0.05, 0.1) is 12.6 Å². The lowest BCUT2D eigenvalue weighted by molar-refractivity contribution is -0.133. The van der Waals surface area contributed by atoms with E-state index in [1.54, 1.807) is 0 Å². The normalized spacial score (nSPS) is 20.9. The molecule has 100 valence electrons. The summed E-state index contributed by atoms with van der Waals surface area (Å²) in [7, 11) is 0. The maximum Gasteiger partial charge on any atom is 0.222 e. The van der Waals surface area contributed by atoms with Gasteiger partial charge < -0.3 is 15.7 Å². The molecule has 0 aromatic heterocycles. The maximum atomic E-state index is 12.0. The van der Waals surface area contributed by atoms with Crippen molar-refractivity contribution in [2.45, 2.75) is 52.0 Å². The standard InChI is InChI=1S/C13H26N2O2/c1-13(2,7-8-14)6-5-12(17)15-9-3-4-11(15)10-16/h11,16H,3-10,14H2,1-2H3/t11-/m0/s1. The van der Waals surface area contributed by atoms with Gasteiger partial charge in [0, 0.05) is 13.0 Å². The Morgan fingerprint density at radius 1 is 1.47 bits per heavy atom. The number of aliphatic hydroxyl groups is 1. The highest BCUT2D eigenvalue weighted by Gasteiger charge is 2.28. The van der Waals surface area contributed by atoms with Crippen LogP contribution in [0.3, 0.4) is 0 Å². The molecule has 17 heavy (non-hydrogen) atoms. The fraction of sp³-hybridized carbons (Fsp3) is 0.923. The third-order valence-corrected chi connectivity index (χ3v) is 3.74. The minimum absolute atomic E-state index is 0.0557. The SMILES string of the molecule is CC(C)(CCN)CCC(=O)N1CCC[C@H]1CO. The number of rotatable bonds is 6. The minimum atomic E-state index is 0.0557. The second-order valence-corrected chi connectivity index (χ2v) is 5.77. The molecule has 1 aliphatic rings. The first-order valence-corrected chi connectivity index (χ1v) is 6.60. The van der Waals surface area contributed by atoms with Crippen molar-refractivity contribution in [1.29, 1.82) is 0 Å². The smallest absolute Gasteiger partial charge is 0.222 e. The Labute approximate surface area is 104 Å². The molecular weight excluding hydrogens is 216 g/mol. The summed E-state index contributed by atoms with van der Waals surface area (Å²) in [5.41, 5.74) is 5.70. The second-order valence-electron chi connectivity index (χ2n) is 5.77. The number of aliphatic hydroxyl groups excluding tert-OH is 1. The Hall–Kier alpha value is -0.610. The quantitative estimate of drug-likeness (QED) is 0.733. The zero-order valence-corrected chi connectivity index (χ0v) is 11.1. The molecule has 1 aliphatic heterocycles. The molecule has 1 amide bonds. The molecule has 4 heteroatoms. The first-order chi connectivity index (χ1) is 8.00. The van der Waals surface area contributed by atoms with E-state index in [2.05, 4.69) is 13.8 Å². The molecule has 1 atom stereocenters. The van der Waals surface area contributed by atoms with Gasteiger partial charge in [-0.15, -0.1) is 0 Å². The summed E-state index contributed by atoms with van der Waals surface area (Å²) in [5, 5.41) is 9.19. The average molecular weight is 242 g/mol. The summed E-state index contributed by atoms with van der Waals surface area (Å²) < 4.78 is 0. The fourth-order valence-electron chi connectivity index (χ4n) is 2.46. The summed E-state index contributed by atoms with van der Waals surface area (Å²) in [6.45, 7) is 5.88. The summed E-state index contributed by atoms with van der Waals surface area (Å²) in [6.07, 6.45) is 4.35. The van der Waals surface area contributed by atoms with Gasteiger partial charge in [0.25, 0.3) is 0 Å². The molecule has 1 fully saturated rings. The van der Waals surface area contributed by atoms with E-state index in [4.69, 9.17) is 5.73 Å². The summed E-state index contributed by atoms with van der Waals surface area (Å²) in [5.74, 6) is 0.187. The molecule has 0 radical (unpaired) electrons. The van der Waals surface area contributed by atoms with Gasteiger partial charge in [0.15, 0.2) is 0 Å². The molecule has 1 heterocycles. The molecule has 0 aliphatic carbocycles. The van der Waals surface area contributed by atoms with E-state index in [-0.39, 0.29) is 24.0 Å². The predicted molar refractivity (Wildman–Crippen MR) is 68.5 cm³/mol. The van der Waals surface area contributed by atoms with Gasteiger partial charge in [-0.1, -0.05) is 13.8 Å². The van der Waals surface area contributed by atoms with Crippen LogP contribution in [0, 0.1) is 5.41 Å². The Balaban J connectivity index is 2.39. The van der Waals surface area contributed by atoms with Crippen LogP contribution in [0.1, 0.15) is 46.0 Å². The highest BCUT2D eigenvalue weighted by atomic mass is 16.3. The lowest BCUT2D eigenvalue weighted by Crippen LogP contribution is -2.38. The van der Waals surface area contributed by atoms with Crippen molar-refractivity contribution in [3.05, 3.63) is 0 Å². The van der Waals surface area contributed by atoms with Crippen LogP contribution in [0.15, 0.2) is 0 Å². The van der Waals surface area contributed by atoms with E-state index in [0.29, 0.717) is 13.0 Å². The van der Waals surface area contributed by atoms with Crippen molar-refractivity contribution in [3.8, 4) is 0 Å². The van der Waals surface area contributed by atoms with Crippen LogP contribution in [0.5, 0.6) is 0 Å². The van der Waals surface area contributed by atoms with Crippen molar-refractivity contribution < 1.29 is 9.90 Å². The Bertz CT molecular complexity index is 254. The number of hydrogen-bond acceptors (Lipinski definition) is 3. The molecule has 0 aromatic rings. The number of nitrogens with two attached hydrogens (primary N) is 1. The highest BCUT2D eigenvalue weighted by molar-refractivity contribution is 5.76. The molecule has 0 saturated carbocycles. The first-order valence-electron chi connectivity index (χ1n) is 6.60. The lowest BCUT2D eigenvalue weighted by atomic mass is 9.84. The average Bonchev–Trinajstić information content (AvgIpc) is 2.74. The zero-order chi connectivity index (χ0) is 12.9. The molecule has 1 saturated heterocycles. The van der Waals surface area contributed by atoms with E-state index in [0.717, 1.165) is 32.2 Å². The van der Waals surface area contributed by atoms with E-state index >= 15 is 0 Å². The summed E-state index contributed by atoms with van der Waals surface area (Å²) in [4.78, 5) is 13.9. The number of carbonyl (C=O) groups excluding carboxylic acids is 1. The lowest BCUT2D eigenvalue weighted by Gasteiger charge is -2.27. The van der Waals surface area contributed by atoms with Gasteiger partial charge in [0.2, 0.25) is 5.91 Å². The van der Waals surface area contributed by atoms with Crippen molar-refractivity contribution in [3.63, 3.8) is 0 Å². The summed E-state index contributed by atoms with van der Waals surface area (Å²) >= 11 is 0. The van der Waals surface area contributed by atoms with Gasteiger partial charge in [-0.3, -0.25) is 4.79 Å². The van der Waals surface area contributed by atoms with Gasteiger partial charge >= 0.3 is 0 Å². The number of nitrogens with zero attached hydrogens (tertiary/aromatic N) is 1. The van der Waals surface area contributed by atoms with Crippen LogP contribution >= 0.6 is 0 Å². The second kappa shape index (κ2) is 6.36. The van der Waals surface area contributed by atoms with Crippen LogP contribution in [-0.4, -0.2) is 41.7 Å².